The van der Waals surface area contributed by atoms with Crippen LogP contribution in [0.4, 0.5) is 4.79 Å². The molecule has 0 atom stereocenters. The van der Waals surface area contributed by atoms with Crippen molar-refractivity contribution in [3.05, 3.63) is 76.8 Å². The van der Waals surface area contributed by atoms with Crippen LogP contribution >= 0.6 is 0 Å². The number of alkyl carbamates (subject to hydrolysis) is 1. The zero-order valence-corrected chi connectivity index (χ0v) is 19.7. The van der Waals surface area contributed by atoms with E-state index >= 15 is 0 Å². The lowest BCUT2D eigenvalue weighted by atomic mass is 9.76. The van der Waals surface area contributed by atoms with E-state index in [-0.39, 0.29) is 13.2 Å². The lowest BCUT2D eigenvalue weighted by Crippen LogP contribution is -2.41. The first-order valence-corrected chi connectivity index (χ1v) is 10.8. The van der Waals surface area contributed by atoms with Crippen molar-refractivity contribution >= 4 is 25.3 Å². The predicted octanol–water partition coefficient (Wildman–Crippen LogP) is 4.41. The van der Waals surface area contributed by atoms with Crippen LogP contribution in [0.15, 0.2) is 60.1 Å². The summed E-state index contributed by atoms with van der Waals surface area (Å²) in [5, 5.41) is 2.76. The summed E-state index contributed by atoms with van der Waals surface area (Å²) in [5.41, 5.74) is 1.44. The van der Waals surface area contributed by atoms with Gasteiger partial charge in [0, 0.05) is 6.54 Å². The molecule has 0 bridgehead atoms. The Balaban J connectivity index is 1.80. The van der Waals surface area contributed by atoms with Crippen LogP contribution in [0, 0.1) is 0 Å². The molecule has 0 unspecified atom stereocenters. The second kappa shape index (κ2) is 10.2. The average molecular weight is 451 g/mol. The second-order valence-electron chi connectivity index (χ2n) is 8.80. The number of methoxy groups -OCH3 is 1. The Morgan fingerprint density at radius 2 is 1.58 bits per heavy atom. The van der Waals surface area contributed by atoms with Gasteiger partial charge in [0.25, 0.3) is 0 Å². The Bertz CT molecular complexity index is 1000. The van der Waals surface area contributed by atoms with E-state index in [2.05, 4.69) is 5.32 Å². The molecule has 1 fully saturated rings. The zero-order valence-electron chi connectivity index (χ0n) is 19.7. The Labute approximate surface area is 195 Å². The van der Waals surface area contributed by atoms with Crippen LogP contribution in [0.2, 0.25) is 0 Å². The average Bonchev–Trinajstić information content (AvgIpc) is 3.02. The SMILES string of the molecule is COC(=O)c1ccccc1C=C(CNC(=O)OCc1ccccc1)B1OC(C)(C)C(C)(C)O1. The molecular weight excluding hydrogens is 421 g/mol. The van der Waals surface area contributed by atoms with Gasteiger partial charge < -0.3 is 24.1 Å². The van der Waals surface area contributed by atoms with Gasteiger partial charge >= 0.3 is 19.2 Å². The third kappa shape index (κ3) is 6.03. The summed E-state index contributed by atoms with van der Waals surface area (Å²) in [6, 6.07) is 16.5. The maximum Gasteiger partial charge on any atom is 0.492 e. The summed E-state index contributed by atoms with van der Waals surface area (Å²) in [7, 11) is 0.623. The number of amides is 1. The van der Waals surface area contributed by atoms with Crippen LogP contribution in [-0.2, 0) is 25.4 Å². The molecule has 174 valence electrons. The molecule has 0 saturated carbocycles. The van der Waals surface area contributed by atoms with Crippen LogP contribution in [0.5, 0.6) is 0 Å². The van der Waals surface area contributed by atoms with Crippen LogP contribution < -0.4 is 5.32 Å². The summed E-state index contributed by atoms with van der Waals surface area (Å²) in [4.78, 5) is 24.6. The van der Waals surface area contributed by atoms with Gasteiger partial charge in [-0.3, -0.25) is 0 Å². The highest BCUT2D eigenvalue weighted by Gasteiger charge is 2.52. The number of carbonyl (C=O) groups is 2. The molecule has 1 aliphatic heterocycles. The van der Waals surface area contributed by atoms with Crippen LogP contribution in [0.25, 0.3) is 6.08 Å². The summed E-state index contributed by atoms with van der Waals surface area (Å²) in [5.74, 6) is -0.453. The molecule has 7 nitrogen and oxygen atoms in total. The molecule has 2 aromatic carbocycles. The third-order valence-electron chi connectivity index (χ3n) is 5.91. The van der Waals surface area contributed by atoms with Crippen molar-refractivity contribution in [3.63, 3.8) is 0 Å². The molecule has 1 heterocycles. The van der Waals surface area contributed by atoms with E-state index in [9.17, 15) is 9.59 Å². The van der Waals surface area contributed by atoms with E-state index in [4.69, 9.17) is 18.8 Å². The Morgan fingerprint density at radius 1 is 0.970 bits per heavy atom. The second-order valence-corrected chi connectivity index (χ2v) is 8.80. The van der Waals surface area contributed by atoms with Gasteiger partial charge in [0.2, 0.25) is 0 Å². The first-order valence-electron chi connectivity index (χ1n) is 10.8. The van der Waals surface area contributed by atoms with Crippen molar-refractivity contribution in [1.82, 2.24) is 5.32 Å². The minimum Gasteiger partial charge on any atom is -0.465 e. The summed E-state index contributed by atoms with van der Waals surface area (Å²) in [6.07, 6.45) is 1.22. The number of nitrogens with one attached hydrogen (secondary N) is 1. The number of benzene rings is 2. The van der Waals surface area contributed by atoms with E-state index in [0.717, 1.165) is 5.56 Å². The van der Waals surface area contributed by atoms with Gasteiger partial charge in [-0.15, -0.1) is 0 Å². The fourth-order valence-corrected chi connectivity index (χ4v) is 3.26. The predicted molar refractivity (Wildman–Crippen MR) is 126 cm³/mol. The topological polar surface area (TPSA) is 83.1 Å². The summed E-state index contributed by atoms with van der Waals surface area (Å²) in [6.45, 7) is 8.08. The van der Waals surface area contributed by atoms with Crippen molar-refractivity contribution < 1.29 is 28.4 Å². The Morgan fingerprint density at radius 3 is 2.21 bits per heavy atom. The quantitative estimate of drug-likeness (QED) is 0.496. The summed E-state index contributed by atoms with van der Waals surface area (Å²) < 4.78 is 22.6. The maximum atomic E-state index is 12.3. The number of rotatable bonds is 7. The van der Waals surface area contributed by atoms with Gasteiger partial charge in [0.1, 0.15) is 6.61 Å². The number of carbonyl (C=O) groups excluding carboxylic acids is 2. The third-order valence-corrected chi connectivity index (χ3v) is 5.91. The number of ether oxygens (including phenoxy) is 2. The summed E-state index contributed by atoms with van der Waals surface area (Å²) >= 11 is 0. The van der Waals surface area contributed by atoms with E-state index < -0.39 is 30.4 Å². The zero-order chi connectivity index (χ0) is 24.1. The molecular formula is C25H30BNO6. The van der Waals surface area contributed by atoms with Crippen molar-refractivity contribution in [3.8, 4) is 0 Å². The van der Waals surface area contributed by atoms with E-state index in [1.54, 1.807) is 24.3 Å². The molecule has 0 aromatic heterocycles. The molecule has 0 aliphatic carbocycles. The van der Waals surface area contributed by atoms with Crippen LogP contribution in [0.1, 0.15) is 49.2 Å². The number of hydrogen-bond donors (Lipinski definition) is 1. The normalized spacial score (nSPS) is 16.9. The number of hydrogen-bond acceptors (Lipinski definition) is 6. The lowest BCUT2D eigenvalue weighted by molar-refractivity contribution is 0.00578. The number of esters is 1. The smallest absolute Gasteiger partial charge is 0.465 e. The highest BCUT2D eigenvalue weighted by molar-refractivity contribution is 6.56. The first-order chi connectivity index (χ1) is 15.6. The standard InChI is InChI=1S/C25H30BNO6/c1-24(2)25(3,4)33-26(32-24)20(15-19-13-9-10-14-21(19)22(28)30-5)16-27-23(29)31-17-18-11-7-6-8-12-18/h6-15H,16-17H2,1-5H3,(H,27,29). The molecule has 33 heavy (non-hydrogen) atoms. The first kappa shape index (κ1) is 24.5. The largest absolute Gasteiger partial charge is 0.492 e. The van der Waals surface area contributed by atoms with Crippen molar-refractivity contribution in [2.45, 2.75) is 45.5 Å². The van der Waals surface area contributed by atoms with E-state index in [1.165, 1.54) is 7.11 Å². The Hall–Kier alpha value is -3.10. The van der Waals surface area contributed by atoms with Gasteiger partial charge in [0.05, 0.1) is 23.9 Å². The molecule has 2 aromatic rings. The van der Waals surface area contributed by atoms with Gasteiger partial charge in [-0.25, -0.2) is 9.59 Å². The lowest BCUT2D eigenvalue weighted by Gasteiger charge is -2.32. The van der Waals surface area contributed by atoms with Crippen molar-refractivity contribution in [1.29, 1.82) is 0 Å². The van der Waals surface area contributed by atoms with E-state index in [1.807, 2.05) is 64.1 Å². The minimum absolute atomic E-state index is 0.111. The van der Waals surface area contributed by atoms with Crippen molar-refractivity contribution in [2.75, 3.05) is 13.7 Å². The Kier molecular flexibility index (Phi) is 7.61. The molecule has 0 spiro atoms. The van der Waals surface area contributed by atoms with Gasteiger partial charge in [-0.1, -0.05) is 54.6 Å². The molecule has 3 rings (SSSR count). The molecule has 8 heteroatoms. The van der Waals surface area contributed by atoms with Crippen LogP contribution in [0.3, 0.4) is 0 Å². The van der Waals surface area contributed by atoms with Gasteiger partial charge in [-0.2, -0.15) is 0 Å². The maximum absolute atomic E-state index is 12.3. The fourth-order valence-electron chi connectivity index (χ4n) is 3.26. The molecule has 0 radical (unpaired) electrons. The fraction of sp³-hybridized carbons (Fsp3) is 0.360. The molecule has 1 aliphatic rings. The van der Waals surface area contributed by atoms with Crippen LogP contribution in [-0.4, -0.2) is 44.0 Å². The molecule has 1 saturated heterocycles. The highest BCUT2D eigenvalue weighted by Crippen LogP contribution is 2.38. The van der Waals surface area contributed by atoms with Crippen molar-refractivity contribution in [2.24, 2.45) is 0 Å². The molecule has 1 N–H and O–H groups in total. The monoisotopic (exact) mass is 451 g/mol. The molecule has 1 amide bonds. The minimum atomic E-state index is -0.713. The highest BCUT2D eigenvalue weighted by atomic mass is 16.7. The van der Waals surface area contributed by atoms with E-state index in [0.29, 0.717) is 16.6 Å². The van der Waals surface area contributed by atoms with Gasteiger partial charge in [0.15, 0.2) is 0 Å². The van der Waals surface area contributed by atoms with Gasteiger partial charge in [-0.05, 0) is 50.4 Å².